The number of halogens is 3. The summed E-state index contributed by atoms with van der Waals surface area (Å²) in [4.78, 5) is 3.63. The molecular weight excluding hydrogens is 246 g/mol. The lowest BCUT2D eigenvalue weighted by Gasteiger charge is -2.22. The highest BCUT2D eigenvalue weighted by atomic mass is 35.5. The zero-order chi connectivity index (χ0) is 13.1. The van der Waals surface area contributed by atoms with Crippen molar-refractivity contribution in [2.45, 2.75) is 32.6 Å². The zero-order valence-corrected chi connectivity index (χ0v) is 11.0. The van der Waals surface area contributed by atoms with Crippen molar-refractivity contribution in [3.8, 4) is 0 Å². The highest BCUT2D eigenvalue weighted by Gasteiger charge is 2.17. The van der Waals surface area contributed by atoms with Crippen molar-refractivity contribution >= 4 is 17.4 Å². The molecule has 1 rings (SSSR count). The van der Waals surface area contributed by atoms with E-state index < -0.39 is 11.6 Å². The first-order chi connectivity index (χ1) is 7.78. The number of nitrogens with one attached hydrogen (secondary N) is 1. The molecule has 0 radical (unpaired) electrons. The highest BCUT2D eigenvalue weighted by Crippen LogP contribution is 2.24. The summed E-state index contributed by atoms with van der Waals surface area (Å²) in [6, 6.07) is 0.794. The van der Waals surface area contributed by atoms with Crippen LogP contribution in [0.25, 0.3) is 0 Å². The maximum Gasteiger partial charge on any atom is 0.168 e. The number of hydrogen-bond acceptors (Lipinski definition) is 2. The second kappa shape index (κ2) is 5.63. The number of hydrogen-bond donors (Lipinski definition) is 1. The molecule has 0 spiro atoms. The molecule has 17 heavy (non-hydrogen) atoms. The maximum absolute atomic E-state index is 13.2. The molecule has 5 heteroatoms. The number of rotatable bonds is 4. The number of nitrogens with zero attached hydrogens (tertiary/aromatic N) is 1. The summed E-state index contributed by atoms with van der Waals surface area (Å²) < 4.78 is 25.8. The summed E-state index contributed by atoms with van der Waals surface area (Å²) in [6.45, 7) is 6.64. The van der Waals surface area contributed by atoms with E-state index in [0.29, 0.717) is 6.54 Å². The first-order valence-corrected chi connectivity index (χ1v) is 5.90. The first-order valence-electron chi connectivity index (χ1n) is 5.47. The third-order valence-electron chi connectivity index (χ3n) is 2.13. The lowest BCUT2D eigenvalue weighted by molar-refractivity contribution is 0.373. The van der Waals surface area contributed by atoms with E-state index >= 15 is 0 Å². The molecule has 1 atom stereocenters. The Morgan fingerprint density at radius 3 is 2.59 bits per heavy atom. The van der Waals surface area contributed by atoms with Crippen LogP contribution in [-0.4, -0.2) is 16.9 Å². The predicted molar refractivity (Wildman–Crippen MR) is 66.4 cm³/mol. The monoisotopic (exact) mass is 262 g/mol. The molecule has 0 aliphatic carbocycles. The van der Waals surface area contributed by atoms with Crippen molar-refractivity contribution < 1.29 is 8.78 Å². The molecule has 0 aliphatic heterocycles. The van der Waals surface area contributed by atoms with Gasteiger partial charge in [0.2, 0.25) is 0 Å². The van der Waals surface area contributed by atoms with Crippen LogP contribution in [0.15, 0.2) is 12.3 Å². The fraction of sp³-hybridized carbons (Fsp3) is 0.583. The van der Waals surface area contributed by atoms with Crippen LogP contribution < -0.4 is 5.32 Å². The van der Waals surface area contributed by atoms with Gasteiger partial charge in [-0.1, -0.05) is 20.8 Å². The molecule has 1 aromatic rings. The standard InChI is InChI=1S/C12H17ClF2N2/c1-12(2,3)5-8(13)6-16-11-10(15)4-9(14)7-17-11/h4,7-8H,5-6H2,1-3H3,(H,16,17). The molecular formula is C12H17ClF2N2. The van der Waals surface area contributed by atoms with Gasteiger partial charge in [0.15, 0.2) is 11.6 Å². The Morgan fingerprint density at radius 1 is 1.41 bits per heavy atom. The van der Waals surface area contributed by atoms with E-state index in [1.54, 1.807) is 0 Å². The molecule has 0 saturated carbocycles. The average Bonchev–Trinajstić information content (AvgIpc) is 2.13. The summed E-state index contributed by atoms with van der Waals surface area (Å²) in [7, 11) is 0. The van der Waals surface area contributed by atoms with E-state index in [4.69, 9.17) is 11.6 Å². The van der Waals surface area contributed by atoms with Gasteiger partial charge in [0, 0.05) is 12.6 Å². The van der Waals surface area contributed by atoms with Crippen LogP contribution in [0, 0.1) is 17.0 Å². The summed E-state index contributed by atoms with van der Waals surface area (Å²) in [5.74, 6) is -1.36. The molecule has 1 heterocycles. The topological polar surface area (TPSA) is 24.9 Å². The number of anilines is 1. The molecule has 96 valence electrons. The number of alkyl halides is 1. The average molecular weight is 263 g/mol. The van der Waals surface area contributed by atoms with E-state index in [1.165, 1.54) is 0 Å². The summed E-state index contributed by atoms with van der Waals surface area (Å²) in [5.41, 5.74) is 0.114. The Morgan fingerprint density at radius 2 is 2.06 bits per heavy atom. The van der Waals surface area contributed by atoms with Crippen LogP contribution in [-0.2, 0) is 0 Å². The van der Waals surface area contributed by atoms with E-state index in [0.717, 1.165) is 18.7 Å². The van der Waals surface area contributed by atoms with Gasteiger partial charge in [-0.05, 0) is 11.8 Å². The summed E-state index contributed by atoms with van der Waals surface area (Å²) in [6.07, 6.45) is 1.77. The van der Waals surface area contributed by atoms with Crippen LogP contribution in [0.3, 0.4) is 0 Å². The lowest BCUT2D eigenvalue weighted by Crippen LogP contribution is -2.21. The van der Waals surface area contributed by atoms with Gasteiger partial charge in [-0.3, -0.25) is 0 Å². The van der Waals surface area contributed by atoms with Crippen LogP contribution >= 0.6 is 11.6 Å². The summed E-state index contributed by atoms with van der Waals surface area (Å²) >= 11 is 6.11. The number of pyridine rings is 1. The molecule has 1 unspecified atom stereocenters. The largest absolute Gasteiger partial charge is 0.366 e. The van der Waals surface area contributed by atoms with Gasteiger partial charge in [-0.2, -0.15) is 0 Å². The van der Waals surface area contributed by atoms with Crippen molar-refractivity contribution in [3.63, 3.8) is 0 Å². The number of aromatic nitrogens is 1. The van der Waals surface area contributed by atoms with Gasteiger partial charge in [-0.25, -0.2) is 13.8 Å². The second-order valence-electron chi connectivity index (χ2n) is 5.23. The molecule has 0 saturated heterocycles. The maximum atomic E-state index is 13.2. The molecule has 0 fully saturated rings. The molecule has 0 aromatic carbocycles. The Labute approximate surface area is 105 Å². The van der Waals surface area contributed by atoms with Gasteiger partial charge in [0.1, 0.15) is 5.82 Å². The third-order valence-corrected chi connectivity index (χ3v) is 2.44. The van der Waals surface area contributed by atoms with Crippen LogP contribution in [0.4, 0.5) is 14.6 Å². The molecule has 1 N–H and O–H groups in total. The highest BCUT2D eigenvalue weighted by molar-refractivity contribution is 6.20. The Hall–Kier alpha value is -0.900. The van der Waals surface area contributed by atoms with Crippen LogP contribution in [0.2, 0.25) is 0 Å². The van der Waals surface area contributed by atoms with Crippen molar-refractivity contribution in [1.29, 1.82) is 0 Å². The van der Waals surface area contributed by atoms with E-state index in [1.807, 2.05) is 0 Å². The Kier molecular flexibility index (Phi) is 4.69. The van der Waals surface area contributed by atoms with Crippen molar-refractivity contribution in [3.05, 3.63) is 23.9 Å². The fourth-order valence-corrected chi connectivity index (χ4v) is 2.03. The molecule has 0 bridgehead atoms. The zero-order valence-electron chi connectivity index (χ0n) is 10.2. The summed E-state index contributed by atoms with van der Waals surface area (Å²) in [5, 5.41) is 2.65. The normalized spacial score (nSPS) is 13.5. The Bertz CT molecular complexity index is 377. The lowest BCUT2D eigenvalue weighted by atomic mass is 9.90. The van der Waals surface area contributed by atoms with Crippen molar-refractivity contribution in [2.24, 2.45) is 5.41 Å². The predicted octanol–water partition coefficient (Wildman–Crippen LogP) is 3.82. The van der Waals surface area contributed by atoms with Gasteiger partial charge >= 0.3 is 0 Å². The fourth-order valence-electron chi connectivity index (χ4n) is 1.49. The second-order valence-corrected chi connectivity index (χ2v) is 5.84. The molecule has 1 aromatic heterocycles. The molecule has 0 amide bonds. The minimum atomic E-state index is -0.704. The Balaban J connectivity index is 2.50. The minimum absolute atomic E-state index is 0.0333. The first kappa shape index (κ1) is 14.2. The quantitative estimate of drug-likeness (QED) is 0.835. The third kappa shape index (κ3) is 5.31. The molecule has 0 aliphatic rings. The molecule has 2 nitrogen and oxygen atoms in total. The van der Waals surface area contributed by atoms with Crippen molar-refractivity contribution in [2.75, 3.05) is 11.9 Å². The van der Waals surface area contributed by atoms with Gasteiger partial charge in [-0.15, -0.1) is 11.6 Å². The van der Waals surface area contributed by atoms with E-state index in [2.05, 4.69) is 31.1 Å². The van der Waals surface area contributed by atoms with E-state index in [-0.39, 0.29) is 16.6 Å². The van der Waals surface area contributed by atoms with Crippen LogP contribution in [0.1, 0.15) is 27.2 Å². The SMILES string of the molecule is CC(C)(C)CC(Cl)CNc1ncc(F)cc1F. The minimum Gasteiger partial charge on any atom is -0.366 e. The van der Waals surface area contributed by atoms with Gasteiger partial charge in [0.05, 0.1) is 11.6 Å². The van der Waals surface area contributed by atoms with Gasteiger partial charge < -0.3 is 5.32 Å². The smallest absolute Gasteiger partial charge is 0.168 e. The van der Waals surface area contributed by atoms with Crippen molar-refractivity contribution in [1.82, 2.24) is 4.98 Å². The van der Waals surface area contributed by atoms with Gasteiger partial charge in [0.25, 0.3) is 0 Å². The van der Waals surface area contributed by atoms with E-state index in [9.17, 15) is 8.78 Å². The van der Waals surface area contributed by atoms with Crippen LogP contribution in [0.5, 0.6) is 0 Å².